The summed E-state index contributed by atoms with van der Waals surface area (Å²) in [4.78, 5) is 0. The lowest BCUT2D eigenvalue weighted by molar-refractivity contribution is -0.137. The van der Waals surface area contributed by atoms with E-state index in [4.69, 9.17) is 10.00 Å². The summed E-state index contributed by atoms with van der Waals surface area (Å²) in [7, 11) is 0. The molecule has 27 heavy (non-hydrogen) atoms. The third kappa shape index (κ3) is 2.08. The Hall–Kier alpha value is -2.70. The van der Waals surface area contributed by atoms with Gasteiger partial charge in [0.05, 0.1) is 45.7 Å². The van der Waals surface area contributed by atoms with E-state index < -0.39 is 46.4 Å². The van der Waals surface area contributed by atoms with Crippen molar-refractivity contribution in [3.63, 3.8) is 0 Å². The Balaban J connectivity index is 1.98. The minimum Gasteiger partial charge on any atom is -0.494 e. The molecule has 1 aromatic carbocycles. The maximum absolute atomic E-state index is 13.3. The van der Waals surface area contributed by atoms with E-state index in [0.717, 1.165) is 10.6 Å². The van der Waals surface area contributed by atoms with Gasteiger partial charge in [-0.15, -0.1) is 0 Å². The fraction of sp³-hybridized carbons (Fsp3) is 0.389. The first kappa shape index (κ1) is 17.7. The van der Waals surface area contributed by atoms with Crippen molar-refractivity contribution in [3.8, 4) is 23.5 Å². The Labute approximate surface area is 151 Å². The molecule has 2 aromatic rings. The van der Waals surface area contributed by atoms with Crippen molar-refractivity contribution in [2.75, 3.05) is 0 Å². The van der Waals surface area contributed by atoms with Crippen LogP contribution in [-0.2, 0) is 22.1 Å². The summed E-state index contributed by atoms with van der Waals surface area (Å²) in [5.41, 5.74) is -3.86. The molecule has 3 N–H and O–H groups in total. The molecule has 3 atom stereocenters. The van der Waals surface area contributed by atoms with Gasteiger partial charge in [0.2, 0.25) is 11.8 Å². The van der Waals surface area contributed by atoms with Crippen LogP contribution >= 0.6 is 0 Å². The van der Waals surface area contributed by atoms with Crippen LogP contribution in [0.5, 0.6) is 11.8 Å². The van der Waals surface area contributed by atoms with Crippen molar-refractivity contribution in [2.24, 2.45) is 0 Å². The van der Waals surface area contributed by atoms with Gasteiger partial charge in [-0.25, -0.2) is 0 Å². The zero-order valence-electron chi connectivity index (χ0n) is 14.3. The molecule has 4 rings (SSSR count). The fourth-order valence-electron chi connectivity index (χ4n) is 4.28. The van der Waals surface area contributed by atoms with Crippen LogP contribution in [0.1, 0.15) is 42.5 Å². The number of hydrogen-bond donors (Lipinski definition) is 3. The molecule has 0 amide bonds. The predicted molar refractivity (Wildman–Crippen MR) is 85.2 cm³/mol. The Bertz CT molecular complexity index is 1020. The smallest absolute Gasteiger partial charge is 0.417 e. The number of alkyl halides is 3. The monoisotopic (exact) mass is 380 g/mol. The van der Waals surface area contributed by atoms with Gasteiger partial charge in [-0.3, -0.25) is 4.57 Å². The van der Waals surface area contributed by atoms with Gasteiger partial charge in [0, 0.05) is 6.42 Å². The number of aliphatic hydroxyl groups is 1. The zero-order valence-corrected chi connectivity index (χ0v) is 14.3. The molecular weight excluding hydrogens is 365 g/mol. The lowest BCUT2D eigenvalue weighted by Gasteiger charge is -2.25. The average molecular weight is 380 g/mol. The van der Waals surface area contributed by atoms with Crippen LogP contribution in [0.25, 0.3) is 5.69 Å². The third-order valence-electron chi connectivity index (χ3n) is 5.49. The molecule has 2 bridgehead atoms. The number of aromatic nitrogens is 1. The van der Waals surface area contributed by atoms with Crippen LogP contribution in [0.4, 0.5) is 13.2 Å². The Kier molecular flexibility index (Phi) is 3.26. The van der Waals surface area contributed by atoms with Crippen molar-refractivity contribution in [1.82, 2.24) is 4.57 Å². The van der Waals surface area contributed by atoms with Crippen molar-refractivity contribution in [2.45, 2.75) is 43.8 Å². The number of nitriles is 1. The quantitative estimate of drug-likeness (QED) is 0.706. The highest BCUT2D eigenvalue weighted by Crippen LogP contribution is 2.64. The number of fused-ring (bicyclic) bond motifs is 5. The van der Waals surface area contributed by atoms with Gasteiger partial charge in [-0.05, 0) is 32.0 Å². The van der Waals surface area contributed by atoms with E-state index in [9.17, 15) is 28.5 Å². The maximum Gasteiger partial charge on any atom is 0.417 e. The van der Waals surface area contributed by atoms with Crippen LogP contribution in [0.3, 0.4) is 0 Å². The van der Waals surface area contributed by atoms with E-state index in [-0.39, 0.29) is 23.2 Å². The maximum atomic E-state index is 13.3. The third-order valence-corrected chi connectivity index (χ3v) is 5.49. The molecule has 0 unspecified atom stereocenters. The molecule has 6 nitrogen and oxygen atoms in total. The van der Waals surface area contributed by atoms with E-state index >= 15 is 0 Å². The number of benzene rings is 1. The molecule has 0 saturated carbocycles. The Morgan fingerprint density at radius 3 is 2.44 bits per heavy atom. The van der Waals surface area contributed by atoms with Crippen molar-refractivity contribution in [1.29, 1.82) is 5.26 Å². The standard InChI is InChI=1S/C18H15F3N2O4/c1-16-6-11(24)17(2,27-16)13-12(16)14(25)23(15(13)26)9-4-3-8(7-22)10(5-9)18(19,20)21/h3-5,11,24-26H,6H2,1-2H3/t11-,16-,17+/m0/s1. The number of halogens is 3. The second kappa shape index (κ2) is 4.97. The highest BCUT2D eigenvalue weighted by molar-refractivity contribution is 5.62. The van der Waals surface area contributed by atoms with Gasteiger partial charge in [0.1, 0.15) is 5.60 Å². The SMILES string of the molecule is C[C@@]12O[C@@](C)(C[C@@H]1O)c1c2c(O)n(-c2ccc(C#N)c(C(F)(F)F)c2)c1O. The second-order valence-electron chi connectivity index (χ2n) is 7.23. The van der Waals surface area contributed by atoms with Crippen LogP contribution in [0.15, 0.2) is 18.2 Å². The number of aromatic hydroxyl groups is 2. The van der Waals surface area contributed by atoms with E-state index in [0.29, 0.717) is 6.07 Å². The number of hydrogen-bond acceptors (Lipinski definition) is 5. The van der Waals surface area contributed by atoms with Gasteiger partial charge in [0.25, 0.3) is 0 Å². The highest BCUT2D eigenvalue weighted by atomic mass is 19.4. The summed E-state index contributed by atoms with van der Waals surface area (Å²) in [6.45, 7) is 3.19. The molecule has 0 aliphatic carbocycles. The number of aliphatic hydroxyl groups excluding tert-OH is 1. The Morgan fingerprint density at radius 1 is 1.22 bits per heavy atom. The lowest BCUT2D eigenvalue weighted by atomic mass is 9.78. The van der Waals surface area contributed by atoms with Gasteiger partial charge < -0.3 is 20.1 Å². The van der Waals surface area contributed by atoms with Crippen molar-refractivity contribution >= 4 is 0 Å². The van der Waals surface area contributed by atoms with Gasteiger partial charge in [0.15, 0.2) is 0 Å². The van der Waals surface area contributed by atoms with E-state index in [1.54, 1.807) is 13.8 Å². The van der Waals surface area contributed by atoms with E-state index in [2.05, 4.69) is 0 Å². The Morgan fingerprint density at radius 2 is 1.85 bits per heavy atom. The summed E-state index contributed by atoms with van der Waals surface area (Å²) in [6.07, 6.45) is -5.55. The number of nitrogens with zero attached hydrogens (tertiary/aromatic N) is 2. The van der Waals surface area contributed by atoms with Gasteiger partial charge >= 0.3 is 6.18 Å². The van der Waals surface area contributed by atoms with Crippen LogP contribution < -0.4 is 0 Å². The first-order valence-electron chi connectivity index (χ1n) is 8.11. The summed E-state index contributed by atoms with van der Waals surface area (Å²) in [6, 6.07) is 4.35. The van der Waals surface area contributed by atoms with Crippen LogP contribution in [0.2, 0.25) is 0 Å². The predicted octanol–water partition coefficient (Wildman–Crippen LogP) is 3.00. The molecule has 3 heterocycles. The molecule has 142 valence electrons. The summed E-state index contributed by atoms with van der Waals surface area (Å²) < 4.78 is 46.5. The molecule has 1 fully saturated rings. The summed E-state index contributed by atoms with van der Waals surface area (Å²) in [5.74, 6) is -0.969. The molecule has 0 radical (unpaired) electrons. The minimum absolute atomic E-state index is 0.152. The molecule has 1 saturated heterocycles. The van der Waals surface area contributed by atoms with Crippen molar-refractivity contribution in [3.05, 3.63) is 40.5 Å². The van der Waals surface area contributed by atoms with Gasteiger partial charge in [-0.2, -0.15) is 18.4 Å². The normalized spacial score (nSPS) is 29.0. The van der Waals surface area contributed by atoms with Crippen LogP contribution in [0, 0.1) is 11.3 Å². The second-order valence-corrected chi connectivity index (χ2v) is 7.23. The fourth-order valence-corrected chi connectivity index (χ4v) is 4.28. The minimum atomic E-state index is -4.78. The molecule has 9 heteroatoms. The molecule has 2 aliphatic heterocycles. The first-order valence-corrected chi connectivity index (χ1v) is 8.11. The average Bonchev–Trinajstić information content (AvgIpc) is 3.07. The van der Waals surface area contributed by atoms with Crippen molar-refractivity contribution < 1.29 is 33.2 Å². The topological polar surface area (TPSA) is 98.6 Å². The van der Waals surface area contributed by atoms with E-state index in [1.807, 2.05) is 0 Å². The molecular formula is C18H15F3N2O4. The largest absolute Gasteiger partial charge is 0.494 e. The van der Waals surface area contributed by atoms with Crippen LogP contribution in [-0.4, -0.2) is 26.0 Å². The summed E-state index contributed by atoms with van der Waals surface area (Å²) >= 11 is 0. The molecule has 1 aromatic heterocycles. The summed E-state index contributed by atoms with van der Waals surface area (Å²) in [5, 5.41) is 40.6. The highest BCUT2D eigenvalue weighted by Gasteiger charge is 2.64. The van der Waals surface area contributed by atoms with Gasteiger partial charge in [-0.1, -0.05) is 0 Å². The molecule has 2 aliphatic rings. The first-order chi connectivity index (χ1) is 12.4. The number of rotatable bonds is 1. The zero-order chi connectivity index (χ0) is 19.9. The lowest BCUT2D eigenvalue weighted by Crippen LogP contribution is -2.32. The number of ether oxygens (including phenoxy) is 1. The van der Waals surface area contributed by atoms with E-state index in [1.165, 1.54) is 12.1 Å². The molecule has 0 spiro atoms.